The number of para-hydroxylation sites is 1. The molecular formula is C17H24N4S. The van der Waals surface area contributed by atoms with Crippen molar-refractivity contribution in [3.05, 3.63) is 29.3 Å². The van der Waals surface area contributed by atoms with Crippen LogP contribution in [0.15, 0.2) is 29.3 Å². The van der Waals surface area contributed by atoms with Crippen LogP contribution in [0.1, 0.15) is 37.1 Å². The summed E-state index contributed by atoms with van der Waals surface area (Å²) >= 11 is 1.80. The molecule has 0 bridgehead atoms. The van der Waals surface area contributed by atoms with Gasteiger partial charge in [0, 0.05) is 26.1 Å². The van der Waals surface area contributed by atoms with Crippen molar-refractivity contribution in [2.75, 3.05) is 13.6 Å². The number of nitrogens with one attached hydrogen (secondary N) is 2. The number of aryl methyl sites for hydroxylation is 1. The lowest BCUT2D eigenvalue weighted by molar-refractivity contribution is 0.610. The average Bonchev–Trinajstić information content (AvgIpc) is 3.19. The largest absolute Gasteiger partial charge is 0.356 e. The molecule has 1 heterocycles. The first-order chi connectivity index (χ1) is 10.8. The Morgan fingerprint density at radius 1 is 1.32 bits per heavy atom. The monoisotopic (exact) mass is 316 g/mol. The lowest BCUT2D eigenvalue weighted by Gasteiger charge is -2.16. The molecule has 4 nitrogen and oxygen atoms in total. The maximum Gasteiger partial charge on any atom is 0.191 e. The van der Waals surface area contributed by atoms with Crippen molar-refractivity contribution in [2.24, 2.45) is 4.99 Å². The van der Waals surface area contributed by atoms with Gasteiger partial charge in [0.1, 0.15) is 0 Å². The minimum atomic E-state index is 0.607. The number of benzene rings is 1. The number of hydrogen-bond acceptors (Lipinski definition) is 3. The number of aliphatic imine (C=N–C) groups is 1. The quantitative estimate of drug-likeness (QED) is 0.505. The van der Waals surface area contributed by atoms with E-state index in [4.69, 9.17) is 0 Å². The maximum absolute atomic E-state index is 4.68. The number of nitrogens with zero attached hydrogens (tertiary/aromatic N) is 2. The normalized spacial score (nSPS) is 16.3. The molecule has 1 aliphatic carbocycles. The second kappa shape index (κ2) is 7.58. The third-order valence-electron chi connectivity index (χ3n) is 4.12. The highest BCUT2D eigenvalue weighted by Crippen LogP contribution is 2.22. The zero-order valence-corrected chi connectivity index (χ0v) is 14.0. The molecule has 1 fully saturated rings. The fourth-order valence-corrected chi connectivity index (χ4v) is 3.94. The lowest BCUT2D eigenvalue weighted by Crippen LogP contribution is -2.42. The highest BCUT2D eigenvalue weighted by atomic mass is 32.1. The van der Waals surface area contributed by atoms with E-state index >= 15 is 0 Å². The van der Waals surface area contributed by atoms with Crippen molar-refractivity contribution in [2.45, 2.75) is 44.6 Å². The molecule has 0 saturated heterocycles. The van der Waals surface area contributed by atoms with Gasteiger partial charge in [-0.1, -0.05) is 25.0 Å². The van der Waals surface area contributed by atoms with Crippen LogP contribution in [0, 0.1) is 0 Å². The second-order valence-electron chi connectivity index (χ2n) is 5.80. The predicted molar refractivity (Wildman–Crippen MR) is 94.7 cm³/mol. The van der Waals surface area contributed by atoms with Crippen LogP contribution in [0.5, 0.6) is 0 Å². The zero-order chi connectivity index (χ0) is 15.2. The Labute approximate surface area is 136 Å². The smallest absolute Gasteiger partial charge is 0.191 e. The van der Waals surface area contributed by atoms with E-state index in [2.05, 4.69) is 38.8 Å². The number of hydrogen-bond donors (Lipinski definition) is 2. The van der Waals surface area contributed by atoms with Gasteiger partial charge in [0.05, 0.1) is 15.2 Å². The van der Waals surface area contributed by atoms with Crippen molar-refractivity contribution in [3.63, 3.8) is 0 Å². The summed E-state index contributed by atoms with van der Waals surface area (Å²) in [6, 6.07) is 8.95. The Balaban J connectivity index is 1.42. The minimum Gasteiger partial charge on any atom is -0.356 e. The van der Waals surface area contributed by atoms with Crippen molar-refractivity contribution in [3.8, 4) is 0 Å². The van der Waals surface area contributed by atoms with E-state index in [1.807, 2.05) is 13.1 Å². The van der Waals surface area contributed by atoms with Crippen LogP contribution >= 0.6 is 11.3 Å². The maximum atomic E-state index is 4.68. The van der Waals surface area contributed by atoms with Crippen LogP contribution in [0.25, 0.3) is 10.2 Å². The molecule has 1 saturated carbocycles. The third kappa shape index (κ3) is 3.97. The SMILES string of the molecule is CN=C(NCCCc1nc2ccccc2s1)NC1CCCC1. The van der Waals surface area contributed by atoms with Crippen molar-refractivity contribution in [1.82, 2.24) is 15.6 Å². The summed E-state index contributed by atoms with van der Waals surface area (Å²) in [7, 11) is 1.85. The molecular weight excluding hydrogens is 292 g/mol. The van der Waals surface area contributed by atoms with Crippen LogP contribution in [0.4, 0.5) is 0 Å². The molecule has 22 heavy (non-hydrogen) atoms. The third-order valence-corrected chi connectivity index (χ3v) is 5.21. The molecule has 2 N–H and O–H groups in total. The summed E-state index contributed by atoms with van der Waals surface area (Å²) < 4.78 is 1.28. The molecule has 118 valence electrons. The summed E-state index contributed by atoms with van der Waals surface area (Å²) in [4.78, 5) is 8.99. The molecule has 3 rings (SSSR count). The van der Waals surface area contributed by atoms with Crippen molar-refractivity contribution < 1.29 is 0 Å². The molecule has 0 unspecified atom stereocenters. The van der Waals surface area contributed by atoms with Gasteiger partial charge in [0.25, 0.3) is 0 Å². The summed E-state index contributed by atoms with van der Waals surface area (Å²) in [5, 5.41) is 8.15. The minimum absolute atomic E-state index is 0.607. The van der Waals surface area contributed by atoms with Gasteiger partial charge in [0.2, 0.25) is 0 Å². The molecule has 2 aromatic rings. The van der Waals surface area contributed by atoms with E-state index in [0.29, 0.717) is 6.04 Å². The zero-order valence-electron chi connectivity index (χ0n) is 13.1. The molecule has 5 heteroatoms. The molecule has 0 spiro atoms. The number of fused-ring (bicyclic) bond motifs is 1. The van der Waals surface area contributed by atoms with E-state index in [1.54, 1.807) is 11.3 Å². The van der Waals surface area contributed by atoms with Gasteiger partial charge in [-0.2, -0.15) is 0 Å². The highest BCUT2D eigenvalue weighted by Gasteiger charge is 2.15. The van der Waals surface area contributed by atoms with Crippen LogP contribution in [0.3, 0.4) is 0 Å². The van der Waals surface area contributed by atoms with E-state index in [1.165, 1.54) is 35.4 Å². The molecule has 1 aromatic carbocycles. The first-order valence-electron chi connectivity index (χ1n) is 8.17. The average molecular weight is 316 g/mol. The molecule has 0 radical (unpaired) electrons. The van der Waals surface area contributed by atoms with Crippen LogP contribution in [-0.4, -0.2) is 30.6 Å². The van der Waals surface area contributed by atoms with E-state index in [0.717, 1.165) is 30.9 Å². The van der Waals surface area contributed by atoms with E-state index < -0.39 is 0 Å². The van der Waals surface area contributed by atoms with Gasteiger partial charge < -0.3 is 10.6 Å². The summed E-state index contributed by atoms with van der Waals surface area (Å²) in [5.41, 5.74) is 1.12. The Hall–Kier alpha value is -1.62. The fourth-order valence-electron chi connectivity index (χ4n) is 2.93. The topological polar surface area (TPSA) is 49.3 Å². The van der Waals surface area contributed by atoms with Gasteiger partial charge >= 0.3 is 0 Å². The Bertz CT molecular complexity index is 595. The first kappa shape index (κ1) is 15.3. The lowest BCUT2D eigenvalue weighted by atomic mass is 10.2. The van der Waals surface area contributed by atoms with Gasteiger partial charge in [-0.3, -0.25) is 4.99 Å². The molecule has 0 aliphatic heterocycles. The standard InChI is InChI=1S/C17H24N4S/c1-18-17(20-13-7-2-3-8-13)19-12-6-11-16-21-14-9-4-5-10-15(14)22-16/h4-5,9-10,13H,2-3,6-8,11-12H2,1H3,(H2,18,19,20). The number of guanidine groups is 1. The predicted octanol–water partition coefficient (Wildman–Crippen LogP) is 3.34. The van der Waals surface area contributed by atoms with Crippen LogP contribution in [-0.2, 0) is 6.42 Å². The van der Waals surface area contributed by atoms with E-state index in [9.17, 15) is 0 Å². The molecule has 0 amide bonds. The number of aromatic nitrogens is 1. The first-order valence-corrected chi connectivity index (χ1v) is 8.98. The molecule has 1 aliphatic rings. The fraction of sp³-hybridized carbons (Fsp3) is 0.529. The summed E-state index contributed by atoms with van der Waals surface area (Å²) in [5.74, 6) is 0.941. The van der Waals surface area contributed by atoms with E-state index in [-0.39, 0.29) is 0 Å². The Morgan fingerprint density at radius 2 is 2.14 bits per heavy atom. The van der Waals surface area contributed by atoms with Gasteiger partial charge in [-0.25, -0.2) is 4.98 Å². The molecule has 1 aromatic heterocycles. The highest BCUT2D eigenvalue weighted by molar-refractivity contribution is 7.18. The Morgan fingerprint density at radius 3 is 2.91 bits per heavy atom. The Kier molecular flexibility index (Phi) is 5.27. The number of rotatable bonds is 5. The van der Waals surface area contributed by atoms with Crippen molar-refractivity contribution in [1.29, 1.82) is 0 Å². The molecule has 0 atom stereocenters. The van der Waals surface area contributed by atoms with Crippen LogP contribution in [0.2, 0.25) is 0 Å². The van der Waals surface area contributed by atoms with Gasteiger partial charge in [-0.15, -0.1) is 11.3 Å². The van der Waals surface area contributed by atoms with Gasteiger partial charge in [-0.05, 0) is 31.4 Å². The number of thiazole rings is 1. The van der Waals surface area contributed by atoms with Crippen molar-refractivity contribution >= 4 is 27.5 Å². The second-order valence-corrected chi connectivity index (χ2v) is 6.92. The summed E-state index contributed by atoms with van der Waals surface area (Å²) in [6.07, 6.45) is 7.31. The summed E-state index contributed by atoms with van der Waals surface area (Å²) in [6.45, 7) is 0.933. The van der Waals surface area contributed by atoms with Crippen LogP contribution < -0.4 is 10.6 Å². The van der Waals surface area contributed by atoms with Gasteiger partial charge in [0.15, 0.2) is 5.96 Å².